The highest BCUT2D eigenvalue weighted by Gasteiger charge is 2.29. The number of ether oxygens (including phenoxy) is 1. The van der Waals surface area contributed by atoms with E-state index in [4.69, 9.17) is 14.7 Å². The molecule has 5 rings (SSSR count). The Morgan fingerprint density at radius 2 is 1.95 bits per heavy atom. The Kier molecular flexibility index (Phi) is 8.87. The number of likely N-dealkylation sites (N-methyl/N-ethyl adjacent to an activating group) is 1. The number of phenolic OH excluding ortho intramolecular Hbond substituents is 1. The van der Waals surface area contributed by atoms with Crippen LogP contribution in [0.4, 0.5) is 15.9 Å². The quantitative estimate of drug-likeness (QED) is 0.374. The van der Waals surface area contributed by atoms with Gasteiger partial charge in [-0.2, -0.15) is 9.97 Å². The lowest BCUT2D eigenvalue weighted by Gasteiger charge is -2.38. The van der Waals surface area contributed by atoms with Crippen LogP contribution in [0.2, 0.25) is 0 Å². The number of aromatic nitrogens is 2. The summed E-state index contributed by atoms with van der Waals surface area (Å²) in [6, 6.07) is 11.9. The lowest BCUT2D eigenvalue weighted by Crippen LogP contribution is -2.49. The number of carbonyl (C=O) groups is 1. The zero-order chi connectivity index (χ0) is 28.9. The predicted octanol–water partition coefficient (Wildman–Crippen LogP) is 3.79. The number of nitrogens with zero attached hydrogens (tertiary/aromatic N) is 6. The summed E-state index contributed by atoms with van der Waals surface area (Å²) in [6.07, 6.45) is 1.71. The van der Waals surface area contributed by atoms with Crippen LogP contribution in [-0.4, -0.2) is 96.4 Å². The number of phenols is 1. The molecule has 10 heteroatoms. The lowest BCUT2D eigenvalue weighted by molar-refractivity contribution is -0.126. The Morgan fingerprint density at radius 1 is 1.17 bits per heavy atom. The minimum atomic E-state index is -0.863. The first-order valence-electron chi connectivity index (χ1n) is 14.3. The second-order valence-electron chi connectivity index (χ2n) is 10.7. The second-order valence-corrected chi connectivity index (χ2v) is 10.7. The molecule has 0 spiro atoms. The minimum absolute atomic E-state index is 0.0601. The van der Waals surface area contributed by atoms with Gasteiger partial charge in [-0.05, 0) is 37.4 Å². The van der Waals surface area contributed by atoms with Crippen molar-refractivity contribution in [2.45, 2.75) is 32.5 Å². The van der Waals surface area contributed by atoms with Crippen molar-refractivity contribution in [3.63, 3.8) is 0 Å². The van der Waals surface area contributed by atoms with Crippen LogP contribution in [0.5, 0.6) is 11.8 Å². The fraction of sp³-hybridized carbons (Fsp3) is 0.452. The van der Waals surface area contributed by atoms with Gasteiger partial charge >= 0.3 is 6.01 Å². The summed E-state index contributed by atoms with van der Waals surface area (Å²) in [4.78, 5) is 30.0. The molecular formula is C31H39FN6O3. The molecule has 2 aliphatic rings. The number of fused-ring (bicyclic) bond motifs is 2. The van der Waals surface area contributed by atoms with Crippen molar-refractivity contribution in [3.05, 3.63) is 60.3 Å². The van der Waals surface area contributed by atoms with Crippen molar-refractivity contribution >= 4 is 28.2 Å². The van der Waals surface area contributed by atoms with Gasteiger partial charge in [-0.1, -0.05) is 37.8 Å². The van der Waals surface area contributed by atoms with Gasteiger partial charge in [0.1, 0.15) is 24.3 Å². The van der Waals surface area contributed by atoms with E-state index in [1.54, 1.807) is 11.0 Å². The molecule has 3 aromatic rings. The first kappa shape index (κ1) is 28.6. The Hall–Kier alpha value is -3.92. The van der Waals surface area contributed by atoms with E-state index in [2.05, 4.69) is 22.4 Å². The third kappa shape index (κ3) is 6.53. The number of carbonyl (C=O) groups excluding carboxylic acids is 1. The lowest BCUT2D eigenvalue weighted by atomic mass is 10.0. The van der Waals surface area contributed by atoms with Gasteiger partial charge in [0, 0.05) is 68.5 Å². The predicted molar refractivity (Wildman–Crippen MR) is 160 cm³/mol. The first-order chi connectivity index (χ1) is 19.9. The van der Waals surface area contributed by atoms with Crippen LogP contribution in [0.1, 0.15) is 24.6 Å². The number of rotatable bonds is 10. The molecule has 1 unspecified atom stereocenters. The molecule has 9 nitrogen and oxygen atoms in total. The molecule has 0 radical (unpaired) electrons. The summed E-state index contributed by atoms with van der Waals surface area (Å²) >= 11 is 0. The SMILES string of the molecule is C=CC(=O)N1CCN(c2nc(OCCN(C)CC(F)CC)nc3c2CCN(c2cc(O)cc4ccccc24)C3)CC1. The van der Waals surface area contributed by atoms with E-state index in [0.717, 1.165) is 46.5 Å². The molecule has 0 saturated carbocycles. The van der Waals surface area contributed by atoms with Crippen molar-refractivity contribution in [2.75, 3.05) is 69.3 Å². The summed E-state index contributed by atoms with van der Waals surface area (Å²) in [6.45, 7) is 10.5. The van der Waals surface area contributed by atoms with Crippen LogP contribution < -0.4 is 14.5 Å². The molecular weight excluding hydrogens is 523 g/mol. The van der Waals surface area contributed by atoms with E-state index < -0.39 is 6.17 Å². The Bertz CT molecular complexity index is 1390. The van der Waals surface area contributed by atoms with Gasteiger partial charge in [0.2, 0.25) is 5.91 Å². The minimum Gasteiger partial charge on any atom is -0.508 e. The molecule has 1 amide bonds. The smallest absolute Gasteiger partial charge is 0.318 e. The maximum absolute atomic E-state index is 13.8. The maximum atomic E-state index is 13.8. The zero-order valence-corrected chi connectivity index (χ0v) is 23.9. The van der Waals surface area contributed by atoms with Gasteiger partial charge in [-0.3, -0.25) is 4.79 Å². The molecule has 0 bridgehead atoms. The number of piperazine rings is 1. The zero-order valence-electron chi connectivity index (χ0n) is 23.9. The van der Waals surface area contributed by atoms with Crippen LogP contribution in [0, 0.1) is 0 Å². The molecule has 1 atom stereocenters. The average Bonchev–Trinajstić information content (AvgIpc) is 2.99. The van der Waals surface area contributed by atoms with Crippen molar-refractivity contribution in [2.24, 2.45) is 0 Å². The Labute approximate surface area is 240 Å². The molecule has 41 heavy (non-hydrogen) atoms. The maximum Gasteiger partial charge on any atom is 0.318 e. The van der Waals surface area contributed by atoms with Gasteiger partial charge in [0.05, 0.1) is 12.2 Å². The van der Waals surface area contributed by atoms with E-state index in [0.29, 0.717) is 64.9 Å². The summed E-state index contributed by atoms with van der Waals surface area (Å²) in [5.74, 6) is 1.01. The Balaban J connectivity index is 1.41. The summed E-state index contributed by atoms with van der Waals surface area (Å²) < 4.78 is 19.9. The largest absolute Gasteiger partial charge is 0.508 e. The highest BCUT2D eigenvalue weighted by Crippen LogP contribution is 2.36. The number of hydrogen-bond donors (Lipinski definition) is 1. The average molecular weight is 563 g/mol. The van der Waals surface area contributed by atoms with Gasteiger partial charge in [0.15, 0.2) is 0 Å². The van der Waals surface area contributed by atoms with E-state index in [1.807, 2.05) is 43.1 Å². The number of hydrogen-bond acceptors (Lipinski definition) is 8. The van der Waals surface area contributed by atoms with Crippen molar-refractivity contribution < 1.29 is 19.0 Å². The fourth-order valence-electron chi connectivity index (χ4n) is 5.58. The molecule has 1 saturated heterocycles. The van der Waals surface area contributed by atoms with Gasteiger partial charge in [-0.25, -0.2) is 4.39 Å². The Morgan fingerprint density at radius 3 is 2.71 bits per heavy atom. The normalized spacial score (nSPS) is 16.1. The van der Waals surface area contributed by atoms with Crippen LogP contribution in [-0.2, 0) is 17.8 Å². The van der Waals surface area contributed by atoms with Crippen LogP contribution >= 0.6 is 0 Å². The summed E-state index contributed by atoms with van der Waals surface area (Å²) in [5, 5.41) is 12.5. The van der Waals surface area contributed by atoms with Crippen LogP contribution in [0.25, 0.3) is 10.8 Å². The monoisotopic (exact) mass is 562 g/mol. The molecule has 1 aromatic heterocycles. The number of alkyl halides is 1. The van der Waals surface area contributed by atoms with Crippen molar-refractivity contribution in [3.8, 4) is 11.8 Å². The topological polar surface area (TPSA) is 85.3 Å². The number of aromatic hydroxyl groups is 1. The molecule has 1 N–H and O–H groups in total. The third-order valence-corrected chi connectivity index (χ3v) is 7.91. The number of anilines is 2. The first-order valence-corrected chi connectivity index (χ1v) is 14.3. The van der Waals surface area contributed by atoms with E-state index >= 15 is 0 Å². The molecule has 218 valence electrons. The summed E-state index contributed by atoms with van der Waals surface area (Å²) in [7, 11) is 1.88. The van der Waals surface area contributed by atoms with Crippen molar-refractivity contribution in [1.29, 1.82) is 0 Å². The molecule has 3 heterocycles. The van der Waals surface area contributed by atoms with Crippen LogP contribution in [0.15, 0.2) is 49.1 Å². The molecule has 1 fully saturated rings. The highest BCUT2D eigenvalue weighted by molar-refractivity contribution is 5.95. The number of amides is 1. The van der Waals surface area contributed by atoms with Gasteiger partial charge < -0.3 is 29.4 Å². The fourth-order valence-corrected chi connectivity index (χ4v) is 5.58. The second kappa shape index (κ2) is 12.7. The number of halogens is 1. The van der Waals surface area contributed by atoms with Crippen LogP contribution in [0.3, 0.4) is 0 Å². The summed E-state index contributed by atoms with van der Waals surface area (Å²) in [5.41, 5.74) is 2.93. The van der Waals surface area contributed by atoms with E-state index in [-0.39, 0.29) is 11.7 Å². The van der Waals surface area contributed by atoms with Gasteiger partial charge in [-0.15, -0.1) is 0 Å². The number of benzene rings is 2. The third-order valence-electron chi connectivity index (χ3n) is 7.91. The standard InChI is InChI=1S/C31H39FN6O3/c1-4-23(32)20-35(3)16-17-41-31-33-27-21-38(28-19-24(39)18-22-8-6-7-9-25(22)28)11-10-26(27)30(34-31)37-14-12-36(13-15-37)29(40)5-2/h5-9,18-19,23,39H,2,4,10-17,20-21H2,1,3H3. The van der Waals surface area contributed by atoms with Crippen molar-refractivity contribution in [1.82, 2.24) is 19.8 Å². The van der Waals surface area contributed by atoms with E-state index in [9.17, 15) is 14.3 Å². The molecule has 0 aliphatic carbocycles. The van der Waals surface area contributed by atoms with Gasteiger partial charge in [0.25, 0.3) is 0 Å². The molecule has 2 aromatic carbocycles. The molecule has 2 aliphatic heterocycles. The highest BCUT2D eigenvalue weighted by atomic mass is 19.1. The van der Waals surface area contributed by atoms with E-state index in [1.165, 1.54) is 6.08 Å².